The van der Waals surface area contributed by atoms with Gasteiger partial charge in [0.1, 0.15) is 0 Å². The molecule has 0 atom stereocenters. The minimum absolute atomic E-state index is 0.755. The molecule has 1 saturated heterocycles. The van der Waals surface area contributed by atoms with Crippen molar-refractivity contribution in [3.63, 3.8) is 0 Å². The zero-order valence-electron chi connectivity index (χ0n) is 13.5. The standard InChI is InChI=1S/C20H20ClN3/c21-18-6-7-19-16(13-18)12-17(14-24-10-8-22-9-11-24)20(23-19)15-4-2-1-3-5-15/h1-7,12-13,22H,8-11,14H2. The molecule has 0 aliphatic carbocycles. The lowest BCUT2D eigenvalue weighted by Crippen LogP contribution is -2.43. The molecule has 0 unspecified atom stereocenters. The number of benzene rings is 2. The maximum absolute atomic E-state index is 6.17. The third-order valence-corrected chi connectivity index (χ3v) is 4.74. The molecule has 1 aliphatic rings. The molecule has 0 saturated carbocycles. The highest BCUT2D eigenvalue weighted by Gasteiger charge is 2.15. The Morgan fingerprint density at radius 1 is 1.00 bits per heavy atom. The first kappa shape index (κ1) is 15.6. The fraction of sp³-hybridized carbons (Fsp3) is 0.250. The zero-order chi connectivity index (χ0) is 16.4. The highest BCUT2D eigenvalue weighted by Crippen LogP contribution is 2.28. The summed E-state index contributed by atoms with van der Waals surface area (Å²) in [6.07, 6.45) is 0. The molecule has 0 spiro atoms. The fourth-order valence-electron chi connectivity index (χ4n) is 3.27. The van der Waals surface area contributed by atoms with Gasteiger partial charge in [0.05, 0.1) is 11.2 Å². The lowest BCUT2D eigenvalue weighted by Gasteiger charge is -2.28. The average Bonchev–Trinajstić information content (AvgIpc) is 2.63. The van der Waals surface area contributed by atoms with E-state index in [1.807, 2.05) is 24.3 Å². The molecule has 122 valence electrons. The summed E-state index contributed by atoms with van der Waals surface area (Å²) in [7, 11) is 0. The van der Waals surface area contributed by atoms with E-state index < -0.39 is 0 Å². The number of hydrogen-bond acceptors (Lipinski definition) is 3. The number of nitrogens with zero attached hydrogens (tertiary/aromatic N) is 2. The number of rotatable bonds is 3. The lowest BCUT2D eigenvalue weighted by molar-refractivity contribution is 0.233. The highest BCUT2D eigenvalue weighted by molar-refractivity contribution is 6.31. The summed E-state index contributed by atoms with van der Waals surface area (Å²) in [4.78, 5) is 7.43. The van der Waals surface area contributed by atoms with E-state index in [1.165, 1.54) is 11.1 Å². The second-order valence-corrected chi connectivity index (χ2v) is 6.66. The summed E-state index contributed by atoms with van der Waals surface area (Å²) in [5.74, 6) is 0. The number of aromatic nitrogens is 1. The topological polar surface area (TPSA) is 28.2 Å². The van der Waals surface area contributed by atoms with E-state index in [-0.39, 0.29) is 0 Å². The Morgan fingerprint density at radius 2 is 1.79 bits per heavy atom. The van der Waals surface area contributed by atoms with Crippen LogP contribution < -0.4 is 5.32 Å². The Labute approximate surface area is 147 Å². The van der Waals surface area contributed by atoms with E-state index in [0.717, 1.165) is 54.3 Å². The quantitative estimate of drug-likeness (QED) is 0.784. The molecule has 0 amide bonds. The van der Waals surface area contributed by atoms with Gasteiger partial charge >= 0.3 is 0 Å². The lowest BCUT2D eigenvalue weighted by atomic mass is 10.0. The predicted octanol–water partition coefficient (Wildman–Crippen LogP) is 3.96. The van der Waals surface area contributed by atoms with Crippen LogP contribution >= 0.6 is 11.6 Å². The van der Waals surface area contributed by atoms with Crippen molar-refractivity contribution in [3.05, 3.63) is 65.2 Å². The van der Waals surface area contributed by atoms with Crippen LogP contribution in [0, 0.1) is 0 Å². The largest absolute Gasteiger partial charge is 0.314 e. The monoisotopic (exact) mass is 337 g/mol. The van der Waals surface area contributed by atoms with Crippen LogP contribution in [0.3, 0.4) is 0 Å². The molecule has 0 radical (unpaired) electrons. The SMILES string of the molecule is Clc1ccc2nc(-c3ccccc3)c(CN3CCNCC3)cc2c1. The number of fused-ring (bicyclic) bond motifs is 1. The van der Waals surface area contributed by atoms with Crippen LogP contribution in [0.25, 0.3) is 22.2 Å². The van der Waals surface area contributed by atoms with Gasteiger partial charge in [-0.05, 0) is 29.8 Å². The van der Waals surface area contributed by atoms with E-state index in [0.29, 0.717) is 0 Å². The van der Waals surface area contributed by atoms with Gasteiger partial charge in [-0.15, -0.1) is 0 Å². The minimum Gasteiger partial charge on any atom is -0.314 e. The van der Waals surface area contributed by atoms with Gasteiger partial charge in [0.25, 0.3) is 0 Å². The first-order chi connectivity index (χ1) is 11.8. The summed E-state index contributed by atoms with van der Waals surface area (Å²) in [5, 5.41) is 5.27. The smallest absolute Gasteiger partial charge is 0.0754 e. The molecule has 1 N–H and O–H groups in total. The van der Waals surface area contributed by atoms with Crippen LogP contribution in [-0.4, -0.2) is 36.1 Å². The first-order valence-electron chi connectivity index (χ1n) is 8.37. The third-order valence-electron chi connectivity index (χ3n) is 4.51. The van der Waals surface area contributed by atoms with Gasteiger partial charge in [-0.25, -0.2) is 4.98 Å². The van der Waals surface area contributed by atoms with Crippen LogP contribution in [0.1, 0.15) is 5.56 Å². The Balaban J connectivity index is 1.81. The number of halogens is 1. The van der Waals surface area contributed by atoms with Crippen molar-refractivity contribution in [2.45, 2.75) is 6.54 Å². The first-order valence-corrected chi connectivity index (χ1v) is 8.75. The van der Waals surface area contributed by atoms with Gasteiger partial charge in [0.15, 0.2) is 0 Å². The van der Waals surface area contributed by atoms with Crippen LogP contribution in [-0.2, 0) is 6.54 Å². The number of hydrogen-bond donors (Lipinski definition) is 1. The Morgan fingerprint density at radius 3 is 2.58 bits per heavy atom. The maximum atomic E-state index is 6.17. The molecular weight excluding hydrogens is 318 g/mol. The van der Waals surface area contributed by atoms with E-state index in [9.17, 15) is 0 Å². The van der Waals surface area contributed by atoms with Crippen LogP contribution in [0.5, 0.6) is 0 Å². The van der Waals surface area contributed by atoms with Gasteiger partial charge in [0, 0.05) is 48.7 Å². The number of piperazine rings is 1. The maximum Gasteiger partial charge on any atom is 0.0754 e. The average molecular weight is 338 g/mol. The molecular formula is C20H20ClN3. The molecule has 2 heterocycles. The van der Waals surface area contributed by atoms with E-state index in [4.69, 9.17) is 16.6 Å². The highest BCUT2D eigenvalue weighted by atomic mass is 35.5. The summed E-state index contributed by atoms with van der Waals surface area (Å²) in [6.45, 7) is 5.16. The summed E-state index contributed by atoms with van der Waals surface area (Å²) >= 11 is 6.17. The zero-order valence-corrected chi connectivity index (χ0v) is 14.3. The van der Waals surface area contributed by atoms with Crippen molar-refractivity contribution >= 4 is 22.5 Å². The van der Waals surface area contributed by atoms with Crippen molar-refractivity contribution in [1.82, 2.24) is 15.2 Å². The second-order valence-electron chi connectivity index (χ2n) is 6.23. The molecule has 24 heavy (non-hydrogen) atoms. The minimum atomic E-state index is 0.755. The van der Waals surface area contributed by atoms with Crippen molar-refractivity contribution in [2.75, 3.05) is 26.2 Å². The molecule has 3 aromatic rings. The van der Waals surface area contributed by atoms with E-state index in [1.54, 1.807) is 0 Å². The molecule has 1 fully saturated rings. The van der Waals surface area contributed by atoms with Gasteiger partial charge in [-0.1, -0.05) is 41.9 Å². The van der Waals surface area contributed by atoms with Gasteiger partial charge in [-0.2, -0.15) is 0 Å². The molecule has 2 aromatic carbocycles. The van der Waals surface area contributed by atoms with Crippen LogP contribution in [0.4, 0.5) is 0 Å². The Bertz CT molecular complexity index is 842. The molecule has 0 bridgehead atoms. The fourth-order valence-corrected chi connectivity index (χ4v) is 3.45. The Kier molecular flexibility index (Phi) is 4.48. The Hall–Kier alpha value is -1.94. The van der Waals surface area contributed by atoms with Crippen molar-refractivity contribution in [3.8, 4) is 11.3 Å². The number of nitrogens with one attached hydrogen (secondary N) is 1. The van der Waals surface area contributed by atoms with Crippen molar-refractivity contribution in [1.29, 1.82) is 0 Å². The van der Waals surface area contributed by atoms with Crippen LogP contribution in [0.15, 0.2) is 54.6 Å². The number of pyridine rings is 1. The van der Waals surface area contributed by atoms with E-state index in [2.05, 4.69) is 40.5 Å². The second kappa shape index (κ2) is 6.89. The van der Waals surface area contributed by atoms with E-state index >= 15 is 0 Å². The molecule has 1 aromatic heterocycles. The molecule has 4 rings (SSSR count). The predicted molar refractivity (Wildman–Crippen MR) is 100 cm³/mol. The normalized spacial score (nSPS) is 15.7. The van der Waals surface area contributed by atoms with Gasteiger partial charge in [-0.3, -0.25) is 4.90 Å². The molecule has 1 aliphatic heterocycles. The van der Waals surface area contributed by atoms with Crippen molar-refractivity contribution in [2.24, 2.45) is 0 Å². The summed E-state index contributed by atoms with van der Waals surface area (Å²) in [5.41, 5.74) is 4.49. The molecule has 3 nitrogen and oxygen atoms in total. The van der Waals surface area contributed by atoms with Gasteiger partial charge in [0.2, 0.25) is 0 Å². The third kappa shape index (κ3) is 3.29. The van der Waals surface area contributed by atoms with Crippen molar-refractivity contribution < 1.29 is 0 Å². The van der Waals surface area contributed by atoms with Gasteiger partial charge < -0.3 is 5.32 Å². The summed E-state index contributed by atoms with van der Waals surface area (Å²) in [6, 6.07) is 18.6. The summed E-state index contributed by atoms with van der Waals surface area (Å²) < 4.78 is 0. The molecule has 4 heteroatoms. The van der Waals surface area contributed by atoms with Crippen LogP contribution in [0.2, 0.25) is 5.02 Å².